The van der Waals surface area contributed by atoms with Crippen molar-refractivity contribution in [3.63, 3.8) is 0 Å². The molecule has 2 N–H and O–H groups in total. The molecular weight excluding hydrogens is 630 g/mol. The van der Waals surface area contributed by atoms with Gasteiger partial charge in [0.15, 0.2) is 0 Å². The zero-order chi connectivity index (χ0) is 35.9. The van der Waals surface area contributed by atoms with Gasteiger partial charge in [0, 0.05) is 45.4 Å². The van der Waals surface area contributed by atoms with E-state index in [-0.39, 0.29) is 43.9 Å². The van der Waals surface area contributed by atoms with Gasteiger partial charge < -0.3 is 34.1 Å². The van der Waals surface area contributed by atoms with Crippen LogP contribution in [0.2, 0.25) is 0 Å². The van der Waals surface area contributed by atoms with Crippen molar-refractivity contribution in [1.82, 2.24) is 4.90 Å². The number of carbonyl (C=O) groups excluding carboxylic acids is 4. The molecule has 3 aliphatic heterocycles. The van der Waals surface area contributed by atoms with Crippen LogP contribution in [-0.2, 0) is 38.1 Å². The molecule has 1 saturated carbocycles. The summed E-state index contributed by atoms with van der Waals surface area (Å²) in [5.41, 5.74) is 1.82. The van der Waals surface area contributed by atoms with Gasteiger partial charge in [-0.2, -0.15) is 0 Å². The number of aliphatic hydroxyl groups excluding tert-OH is 1. The van der Waals surface area contributed by atoms with Crippen molar-refractivity contribution in [3.8, 4) is 0 Å². The number of carbonyl (C=O) groups is 4. The molecular formula is C38H59NO10. The van der Waals surface area contributed by atoms with Crippen LogP contribution in [0.3, 0.4) is 0 Å². The first kappa shape index (κ1) is 39.3. The molecule has 0 aromatic heterocycles. The Morgan fingerprint density at radius 1 is 1.02 bits per heavy atom. The number of ketones is 2. The van der Waals surface area contributed by atoms with E-state index in [0.29, 0.717) is 44.4 Å². The second-order valence-corrected chi connectivity index (χ2v) is 14.8. The van der Waals surface area contributed by atoms with Crippen molar-refractivity contribution in [2.24, 2.45) is 17.8 Å². The number of fused-ring (bicyclic) bond motifs is 3. The number of methoxy groups -OCH3 is 2. The van der Waals surface area contributed by atoms with Crippen LogP contribution in [0.5, 0.6) is 0 Å². The summed E-state index contributed by atoms with van der Waals surface area (Å²) in [6.45, 7) is 7.58. The van der Waals surface area contributed by atoms with Crippen LogP contribution < -0.4 is 0 Å². The summed E-state index contributed by atoms with van der Waals surface area (Å²) in [5, 5.41) is 23.0. The molecule has 0 spiro atoms. The number of cyclic esters (lactones) is 1. The summed E-state index contributed by atoms with van der Waals surface area (Å²) in [7, 11) is 3.07. The highest BCUT2D eigenvalue weighted by atomic mass is 16.7. The fourth-order valence-electron chi connectivity index (χ4n) is 7.78. The van der Waals surface area contributed by atoms with Crippen molar-refractivity contribution in [2.45, 2.75) is 154 Å². The lowest BCUT2D eigenvalue weighted by molar-refractivity contribution is -0.302. The van der Waals surface area contributed by atoms with Gasteiger partial charge in [0.2, 0.25) is 5.79 Å². The summed E-state index contributed by atoms with van der Waals surface area (Å²) >= 11 is 0. The number of Topliss-reactive ketones (excluding diaryl/α,β-unsaturated/α-hetero) is 2. The molecule has 11 heteroatoms. The second-order valence-electron chi connectivity index (χ2n) is 14.8. The van der Waals surface area contributed by atoms with E-state index in [1.54, 1.807) is 6.92 Å². The number of nitrogens with zero attached hydrogens (tertiary/aromatic N) is 1. The van der Waals surface area contributed by atoms with Crippen LogP contribution in [0.4, 0.5) is 0 Å². The Bertz CT molecular complexity index is 1240. The van der Waals surface area contributed by atoms with Crippen LogP contribution in [0, 0.1) is 17.8 Å². The number of ether oxygens (including phenoxy) is 4. The Kier molecular flexibility index (Phi) is 14.2. The van der Waals surface area contributed by atoms with E-state index >= 15 is 0 Å². The molecule has 4 rings (SSSR count). The van der Waals surface area contributed by atoms with E-state index in [1.165, 1.54) is 19.1 Å². The SMILES string of the molecule is CCC1/C=C(\C)CCC[C@H](OC)C2OC(O)(C(=O)C(=O)N3CCCC[C@H]3C(=O)O[C@H](/C(C)=C/C3CCC3)C[C@@H](O)CC1=O)C(C)CC2OC. The average molecular weight is 690 g/mol. The third kappa shape index (κ3) is 9.47. The minimum Gasteiger partial charge on any atom is -0.456 e. The Morgan fingerprint density at radius 3 is 2.37 bits per heavy atom. The van der Waals surface area contributed by atoms with Gasteiger partial charge in [-0.1, -0.05) is 38.0 Å². The Morgan fingerprint density at radius 2 is 1.73 bits per heavy atom. The fourth-order valence-corrected chi connectivity index (χ4v) is 7.78. The minimum absolute atomic E-state index is 0.0385. The summed E-state index contributed by atoms with van der Waals surface area (Å²) in [5.74, 6) is -6.10. The number of hydrogen-bond acceptors (Lipinski definition) is 10. The van der Waals surface area contributed by atoms with Crippen molar-refractivity contribution in [2.75, 3.05) is 20.8 Å². The lowest BCUT2D eigenvalue weighted by Crippen LogP contribution is -2.64. The summed E-state index contributed by atoms with van der Waals surface area (Å²) < 4.78 is 23.8. The van der Waals surface area contributed by atoms with Crippen LogP contribution in [0.1, 0.15) is 111 Å². The molecule has 0 aromatic carbocycles. The number of esters is 1. The van der Waals surface area contributed by atoms with Crippen LogP contribution in [-0.4, -0.2) is 102 Å². The monoisotopic (exact) mass is 689 g/mol. The van der Waals surface area contributed by atoms with E-state index in [9.17, 15) is 29.4 Å². The smallest absolute Gasteiger partial charge is 0.329 e. The zero-order valence-corrected chi connectivity index (χ0v) is 30.4. The van der Waals surface area contributed by atoms with Gasteiger partial charge in [-0.05, 0) is 89.5 Å². The van der Waals surface area contributed by atoms with E-state index < -0.39 is 65.9 Å². The molecule has 0 radical (unpaired) electrons. The Labute approximate surface area is 291 Å². The lowest BCUT2D eigenvalue weighted by atomic mass is 9.83. The molecule has 1 aliphatic carbocycles. The van der Waals surface area contributed by atoms with Crippen LogP contribution >= 0.6 is 0 Å². The maximum absolute atomic E-state index is 14.0. The van der Waals surface area contributed by atoms with Crippen molar-refractivity contribution in [3.05, 3.63) is 23.3 Å². The van der Waals surface area contributed by atoms with Crippen LogP contribution in [0.15, 0.2) is 23.3 Å². The quantitative estimate of drug-likeness (QED) is 0.238. The minimum atomic E-state index is -2.45. The van der Waals surface area contributed by atoms with Crippen LogP contribution in [0.25, 0.3) is 0 Å². The summed E-state index contributed by atoms with van der Waals surface area (Å²) in [6, 6.07) is -1.05. The Balaban J connectivity index is 1.70. The maximum atomic E-state index is 14.0. The molecule has 49 heavy (non-hydrogen) atoms. The average Bonchev–Trinajstić information content (AvgIpc) is 3.06. The van der Waals surface area contributed by atoms with Gasteiger partial charge in [-0.15, -0.1) is 0 Å². The van der Waals surface area contributed by atoms with Gasteiger partial charge in [-0.3, -0.25) is 14.4 Å². The fraction of sp³-hybridized carbons (Fsp3) is 0.789. The molecule has 276 valence electrons. The lowest BCUT2D eigenvalue weighted by Gasteiger charge is -2.46. The number of hydrogen-bond donors (Lipinski definition) is 2. The van der Waals surface area contributed by atoms with Gasteiger partial charge in [0.25, 0.3) is 11.7 Å². The van der Waals surface area contributed by atoms with Gasteiger partial charge in [0.1, 0.15) is 24.0 Å². The molecule has 2 bridgehead atoms. The summed E-state index contributed by atoms with van der Waals surface area (Å²) in [6.07, 6.45) is 7.68. The standard InChI is InChI=1S/C38H59NO10/c1-7-27-18-23(2)12-10-16-31(46-5)34-33(47-6)20-25(4)38(45,49-34)35(42)36(43)39-17-9-8-15-29(39)37(44)48-32(22-28(40)21-30(27)41)24(3)19-26-13-11-14-26/h18-19,25-29,31-34,40,45H,7-17,20-22H2,1-6H3/b23-18+,24-19+/t25?,27?,28-,29-,31-,32-,33?,34?,38?/m0/s1. The molecule has 1 amide bonds. The number of aliphatic hydroxyl groups is 2. The van der Waals surface area contributed by atoms with Crippen molar-refractivity contribution >= 4 is 23.4 Å². The zero-order valence-electron chi connectivity index (χ0n) is 30.4. The first-order valence-corrected chi connectivity index (χ1v) is 18.4. The molecule has 5 unspecified atom stereocenters. The number of allylic oxidation sites excluding steroid dienone is 3. The van der Waals surface area contributed by atoms with Gasteiger partial charge in [-0.25, -0.2) is 4.79 Å². The maximum Gasteiger partial charge on any atom is 0.329 e. The summed E-state index contributed by atoms with van der Waals surface area (Å²) in [4.78, 5) is 56.4. The number of piperidine rings is 1. The van der Waals surface area contributed by atoms with Crippen molar-refractivity contribution in [1.29, 1.82) is 0 Å². The van der Waals surface area contributed by atoms with E-state index in [1.807, 2.05) is 26.8 Å². The highest BCUT2D eigenvalue weighted by Crippen LogP contribution is 2.38. The number of amides is 1. The third-order valence-electron chi connectivity index (χ3n) is 11.2. The Hall–Kier alpha value is -2.44. The second kappa shape index (κ2) is 17.7. The predicted molar refractivity (Wildman–Crippen MR) is 182 cm³/mol. The van der Waals surface area contributed by atoms with E-state index in [2.05, 4.69) is 6.08 Å². The van der Waals surface area contributed by atoms with E-state index in [4.69, 9.17) is 18.9 Å². The predicted octanol–water partition coefficient (Wildman–Crippen LogP) is 4.61. The largest absolute Gasteiger partial charge is 0.456 e. The highest BCUT2D eigenvalue weighted by molar-refractivity contribution is 6.39. The molecule has 9 atom stereocenters. The van der Waals surface area contributed by atoms with Gasteiger partial charge >= 0.3 is 5.97 Å². The van der Waals surface area contributed by atoms with Crippen molar-refractivity contribution < 1.29 is 48.3 Å². The molecule has 0 aromatic rings. The van der Waals surface area contributed by atoms with E-state index in [0.717, 1.165) is 30.4 Å². The molecule has 4 aliphatic rings. The topological polar surface area (TPSA) is 149 Å². The molecule has 3 fully saturated rings. The first-order chi connectivity index (χ1) is 23.3. The molecule has 2 saturated heterocycles. The highest BCUT2D eigenvalue weighted by Gasteiger charge is 2.56. The first-order valence-electron chi connectivity index (χ1n) is 18.4. The number of rotatable bonds is 5. The van der Waals surface area contributed by atoms with Gasteiger partial charge in [0.05, 0.1) is 18.3 Å². The third-order valence-corrected chi connectivity index (χ3v) is 11.2. The molecule has 11 nitrogen and oxygen atoms in total. The molecule has 3 heterocycles. The normalized spacial score (nSPS) is 38.1.